The third-order valence-electron chi connectivity index (χ3n) is 3.73. The average Bonchev–Trinajstić information content (AvgIpc) is 2.95. The van der Waals surface area contributed by atoms with E-state index in [4.69, 9.17) is 0 Å². The topological polar surface area (TPSA) is 64.0 Å². The number of alkyl halides is 1. The summed E-state index contributed by atoms with van der Waals surface area (Å²) < 4.78 is 29.3. The molecule has 1 heterocycles. The first-order valence-corrected chi connectivity index (χ1v) is 9.20. The predicted octanol–water partition coefficient (Wildman–Crippen LogP) is 2.05. The van der Waals surface area contributed by atoms with E-state index < -0.39 is 10.0 Å². The van der Waals surface area contributed by atoms with E-state index in [1.807, 2.05) is 18.4 Å². The second-order valence-corrected chi connectivity index (χ2v) is 7.29. The molecular formula is C12H20BrN3O2S. The van der Waals surface area contributed by atoms with Gasteiger partial charge in [-0.3, -0.25) is 0 Å². The molecule has 0 amide bonds. The third-order valence-corrected chi connectivity index (χ3v) is 5.93. The van der Waals surface area contributed by atoms with Crippen LogP contribution in [-0.2, 0) is 16.6 Å². The molecule has 19 heavy (non-hydrogen) atoms. The fourth-order valence-corrected chi connectivity index (χ4v) is 4.69. The van der Waals surface area contributed by atoms with Gasteiger partial charge >= 0.3 is 0 Å². The van der Waals surface area contributed by atoms with E-state index >= 15 is 0 Å². The van der Waals surface area contributed by atoms with Crippen molar-refractivity contribution in [1.29, 1.82) is 0 Å². The number of hydrogen-bond acceptors (Lipinski definition) is 3. The average molecular weight is 350 g/mol. The molecule has 1 aliphatic carbocycles. The van der Waals surface area contributed by atoms with Gasteiger partial charge in [-0.1, -0.05) is 22.4 Å². The smallest absolute Gasteiger partial charge is 0.259 e. The number of aryl methyl sites for hydroxylation is 2. The van der Waals surface area contributed by atoms with Gasteiger partial charge in [-0.05, 0) is 32.6 Å². The summed E-state index contributed by atoms with van der Waals surface area (Å²) >= 11 is 3.45. The normalized spacial score (nSPS) is 23.9. The van der Waals surface area contributed by atoms with Crippen molar-refractivity contribution >= 4 is 26.0 Å². The van der Waals surface area contributed by atoms with Gasteiger partial charge in [0.1, 0.15) is 5.82 Å². The molecule has 1 saturated carbocycles. The lowest BCUT2D eigenvalue weighted by Gasteiger charge is -2.18. The van der Waals surface area contributed by atoms with Crippen LogP contribution in [0.3, 0.4) is 0 Å². The van der Waals surface area contributed by atoms with Gasteiger partial charge in [0.25, 0.3) is 10.0 Å². The Bertz CT molecular complexity index is 541. The highest BCUT2D eigenvalue weighted by atomic mass is 79.9. The van der Waals surface area contributed by atoms with Crippen LogP contribution in [0, 0.1) is 12.8 Å². The van der Waals surface area contributed by atoms with Gasteiger partial charge in [-0.25, -0.2) is 18.1 Å². The van der Waals surface area contributed by atoms with Crippen molar-refractivity contribution in [1.82, 2.24) is 14.3 Å². The zero-order valence-electron chi connectivity index (χ0n) is 11.3. The number of rotatable bonds is 5. The lowest BCUT2D eigenvalue weighted by Crippen LogP contribution is -2.38. The van der Waals surface area contributed by atoms with Crippen molar-refractivity contribution in [3.63, 3.8) is 0 Å². The second-order valence-electron chi connectivity index (χ2n) is 4.99. The molecule has 2 atom stereocenters. The van der Waals surface area contributed by atoms with Crippen LogP contribution in [0.1, 0.15) is 32.0 Å². The molecule has 2 unspecified atom stereocenters. The van der Waals surface area contributed by atoms with E-state index in [2.05, 4.69) is 25.6 Å². The first-order valence-electron chi connectivity index (χ1n) is 6.60. The third kappa shape index (κ3) is 3.20. The lowest BCUT2D eigenvalue weighted by molar-refractivity contribution is 0.483. The van der Waals surface area contributed by atoms with Crippen molar-refractivity contribution in [2.24, 2.45) is 5.92 Å². The van der Waals surface area contributed by atoms with Crippen LogP contribution in [0.25, 0.3) is 0 Å². The van der Waals surface area contributed by atoms with E-state index in [-0.39, 0.29) is 11.1 Å². The van der Waals surface area contributed by atoms with Gasteiger partial charge in [-0.15, -0.1) is 0 Å². The van der Waals surface area contributed by atoms with Gasteiger partial charge in [0, 0.05) is 24.1 Å². The van der Waals surface area contributed by atoms with Crippen molar-refractivity contribution in [2.45, 2.75) is 50.7 Å². The largest absolute Gasteiger partial charge is 0.334 e. The first-order chi connectivity index (χ1) is 8.97. The van der Waals surface area contributed by atoms with Crippen molar-refractivity contribution < 1.29 is 8.42 Å². The molecule has 1 fully saturated rings. The molecule has 0 radical (unpaired) electrons. The monoisotopic (exact) mass is 349 g/mol. The molecule has 1 N–H and O–H groups in total. The Hall–Kier alpha value is -0.400. The maximum absolute atomic E-state index is 12.3. The molecule has 5 nitrogen and oxygen atoms in total. The molecule has 108 valence electrons. The Morgan fingerprint density at radius 2 is 2.26 bits per heavy atom. The quantitative estimate of drug-likeness (QED) is 0.827. The van der Waals surface area contributed by atoms with Crippen molar-refractivity contribution in [2.75, 3.05) is 5.33 Å². The number of halogens is 1. The van der Waals surface area contributed by atoms with Gasteiger partial charge in [0.2, 0.25) is 0 Å². The van der Waals surface area contributed by atoms with E-state index in [0.29, 0.717) is 5.92 Å². The van der Waals surface area contributed by atoms with Gasteiger partial charge < -0.3 is 4.57 Å². The summed E-state index contributed by atoms with van der Waals surface area (Å²) in [6.07, 6.45) is 4.66. The fraction of sp³-hybridized carbons (Fsp3) is 0.750. The summed E-state index contributed by atoms with van der Waals surface area (Å²) in [5, 5.41) is 0.967. The highest BCUT2D eigenvalue weighted by Crippen LogP contribution is 2.28. The SMILES string of the molecule is CCn1cc(S(=O)(=O)NC2CCCC2CBr)nc1C. The summed E-state index contributed by atoms with van der Waals surface area (Å²) in [6, 6.07) is 0.0245. The molecular weight excluding hydrogens is 330 g/mol. The molecule has 1 aromatic heterocycles. The zero-order valence-corrected chi connectivity index (χ0v) is 13.7. The van der Waals surface area contributed by atoms with Crippen LogP contribution in [0.2, 0.25) is 0 Å². The van der Waals surface area contributed by atoms with E-state index in [9.17, 15) is 8.42 Å². The van der Waals surface area contributed by atoms with E-state index in [1.54, 1.807) is 6.20 Å². The first kappa shape index (κ1) is 15.0. The number of imidazole rings is 1. The molecule has 1 aliphatic rings. The van der Waals surface area contributed by atoms with E-state index in [1.165, 1.54) is 0 Å². The maximum Gasteiger partial charge on any atom is 0.259 e. The lowest BCUT2D eigenvalue weighted by atomic mass is 10.1. The molecule has 1 aromatic rings. The number of sulfonamides is 1. The Morgan fingerprint density at radius 3 is 2.84 bits per heavy atom. The Balaban J connectivity index is 2.17. The highest BCUT2D eigenvalue weighted by molar-refractivity contribution is 9.09. The summed E-state index contributed by atoms with van der Waals surface area (Å²) in [7, 11) is -3.50. The Morgan fingerprint density at radius 1 is 1.53 bits per heavy atom. The summed E-state index contributed by atoms with van der Waals surface area (Å²) in [5.74, 6) is 1.11. The van der Waals surface area contributed by atoms with Crippen LogP contribution in [0.5, 0.6) is 0 Å². The number of nitrogens with one attached hydrogen (secondary N) is 1. The van der Waals surface area contributed by atoms with Crippen molar-refractivity contribution in [3.05, 3.63) is 12.0 Å². The molecule has 0 saturated heterocycles. The van der Waals surface area contributed by atoms with Crippen LogP contribution in [0.15, 0.2) is 11.2 Å². The van der Waals surface area contributed by atoms with Crippen LogP contribution >= 0.6 is 15.9 Å². The minimum Gasteiger partial charge on any atom is -0.334 e. The Kier molecular flexibility index (Phi) is 4.68. The van der Waals surface area contributed by atoms with Crippen LogP contribution in [-0.4, -0.2) is 29.3 Å². The molecule has 2 rings (SSSR count). The minimum atomic E-state index is -3.50. The predicted molar refractivity (Wildman–Crippen MR) is 77.9 cm³/mol. The minimum absolute atomic E-state index is 0.0245. The fourth-order valence-electron chi connectivity index (χ4n) is 2.57. The van der Waals surface area contributed by atoms with Crippen LogP contribution in [0.4, 0.5) is 0 Å². The molecule has 0 aromatic carbocycles. The summed E-state index contributed by atoms with van der Waals surface area (Å²) in [4.78, 5) is 4.15. The Labute approximate surface area is 123 Å². The van der Waals surface area contributed by atoms with E-state index in [0.717, 1.165) is 37.0 Å². The highest BCUT2D eigenvalue weighted by Gasteiger charge is 2.31. The zero-order chi connectivity index (χ0) is 14.0. The standard InChI is InChI=1S/C12H20BrN3O2S/c1-3-16-8-12(14-9(16)2)19(17,18)15-11-6-4-5-10(11)7-13/h8,10-11,15H,3-7H2,1-2H3. The molecule has 0 spiro atoms. The summed E-state index contributed by atoms with van der Waals surface area (Å²) in [6.45, 7) is 4.51. The van der Waals surface area contributed by atoms with Gasteiger partial charge in [0.15, 0.2) is 5.03 Å². The summed E-state index contributed by atoms with van der Waals surface area (Å²) in [5.41, 5.74) is 0. The molecule has 0 bridgehead atoms. The number of aromatic nitrogens is 2. The molecule has 0 aliphatic heterocycles. The maximum atomic E-state index is 12.3. The van der Waals surface area contributed by atoms with Crippen molar-refractivity contribution in [3.8, 4) is 0 Å². The van der Waals surface area contributed by atoms with Gasteiger partial charge in [-0.2, -0.15) is 0 Å². The van der Waals surface area contributed by atoms with Gasteiger partial charge in [0.05, 0.1) is 0 Å². The number of nitrogens with zero attached hydrogens (tertiary/aromatic N) is 2. The van der Waals surface area contributed by atoms with Crippen LogP contribution < -0.4 is 4.72 Å². The second kappa shape index (κ2) is 5.93. The molecule has 7 heteroatoms. The number of hydrogen-bond donors (Lipinski definition) is 1.